The van der Waals surface area contributed by atoms with Crippen molar-refractivity contribution < 1.29 is 4.79 Å². The second-order valence-corrected chi connectivity index (χ2v) is 6.87. The molecular formula is C18H27ClN2O. The standard InChI is InChI=1S/C18H26N2O.ClH/c1-12(7-8-13-5-3-2-4-6-13)20-18(21)16-14-9-10-15(11-14)17(16)19;/h2-6,12,14-17H,7-11,19H2,1H3,(H,20,21);1H. The molecule has 0 aromatic heterocycles. The predicted molar refractivity (Wildman–Crippen MR) is 91.9 cm³/mol. The number of fused-ring (bicyclic) bond motifs is 2. The van der Waals surface area contributed by atoms with Gasteiger partial charge >= 0.3 is 0 Å². The molecule has 0 saturated heterocycles. The minimum absolute atomic E-state index is 0. The lowest BCUT2D eigenvalue weighted by Crippen LogP contribution is -2.47. The molecule has 122 valence electrons. The molecule has 5 atom stereocenters. The lowest BCUT2D eigenvalue weighted by molar-refractivity contribution is -0.127. The molecule has 22 heavy (non-hydrogen) atoms. The van der Waals surface area contributed by atoms with Crippen LogP contribution in [0.5, 0.6) is 0 Å². The first-order valence-corrected chi connectivity index (χ1v) is 8.25. The van der Waals surface area contributed by atoms with E-state index in [0.29, 0.717) is 11.8 Å². The van der Waals surface area contributed by atoms with Gasteiger partial charge in [-0.3, -0.25) is 4.79 Å². The summed E-state index contributed by atoms with van der Waals surface area (Å²) < 4.78 is 0. The molecule has 3 N–H and O–H groups in total. The van der Waals surface area contributed by atoms with E-state index < -0.39 is 0 Å². The summed E-state index contributed by atoms with van der Waals surface area (Å²) in [5, 5.41) is 3.19. The van der Waals surface area contributed by atoms with E-state index in [1.165, 1.54) is 18.4 Å². The number of nitrogens with one attached hydrogen (secondary N) is 1. The summed E-state index contributed by atoms with van der Waals surface area (Å²) in [6, 6.07) is 10.7. The highest BCUT2D eigenvalue weighted by Gasteiger charge is 2.49. The number of nitrogens with two attached hydrogens (primary N) is 1. The van der Waals surface area contributed by atoms with Crippen LogP contribution in [0.4, 0.5) is 0 Å². The number of halogens is 1. The van der Waals surface area contributed by atoms with Gasteiger partial charge in [-0.2, -0.15) is 0 Å². The van der Waals surface area contributed by atoms with Crippen LogP contribution < -0.4 is 11.1 Å². The Morgan fingerprint density at radius 1 is 1.27 bits per heavy atom. The molecule has 0 aliphatic heterocycles. The second kappa shape index (κ2) is 7.47. The fourth-order valence-electron chi connectivity index (χ4n) is 4.16. The van der Waals surface area contributed by atoms with Gasteiger partial charge in [-0.1, -0.05) is 30.3 Å². The molecule has 2 fully saturated rings. The van der Waals surface area contributed by atoms with Gasteiger partial charge in [-0.25, -0.2) is 0 Å². The zero-order valence-electron chi connectivity index (χ0n) is 13.2. The van der Waals surface area contributed by atoms with Crippen LogP contribution >= 0.6 is 12.4 Å². The highest BCUT2D eigenvalue weighted by Crippen LogP contribution is 2.47. The third kappa shape index (κ3) is 3.64. The zero-order valence-corrected chi connectivity index (χ0v) is 14.0. The van der Waals surface area contributed by atoms with Gasteiger partial charge in [0.15, 0.2) is 0 Å². The first kappa shape index (κ1) is 17.3. The molecule has 2 aliphatic rings. The van der Waals surface area contributed by atoms with Crippen LogP contribution in [-0.4, -0.2) is 18.0 Å². The summed E-state index contributed by atoms with van der Waals surface area (Å²) in [6.45, 7) is 2.10. The predicted octanol–water partition coefficient (Wildman–Crippen LogP) is 2.92. The smallest absolute Gasteiger partial charge is 0.225 e. The normalized spacial score (nSPS) is 30.6. The molecular weight excluding hydrogens is 296 g/mol. The van der Waals surface area contributed by atoms with Crippen molar-refractivity contribution in [2.75, 3.05) is 0 Å². The van der Waals surface area contributed by atoms with Crippen LogP contribution in [0.15, 0.2) is 30.3 Å². The van der Waals surface area contributed by atoms with Crippen molar-refractivity contribution in [1.82, 2.24) is 5.32 Å². The van der Waals surface area contributed by atoms with Gasteiger partial charge in [0, 0.05) is 12.1 Å². The maximum absolute atomic E-state index is 12.5. The van der Waals surface area contributed by atoms with E-state index in [9.17, 15) is 4.79 Å². The summed E-state index contributed by atoms with van der Waals surface area (Å²) in [5.74, 6) is 1.37. The van der Waals surface area contributed by atoms with Crippen molar-refractivity contribution in [1.29, 1.82) is 0 Å². The van der Waals surface area contributed by atoms with Crippen molar-refractivity contribution in [2.45, 2.75) is 51.1 Å². The molecule has 1 aromatic carbocycles. The summed E-state index contributed by atoms with van der Waals surface area (Å²) in [4.78, 5) is 12.5. The number of aryl methyl sites for hydroxylation is 1. The number of hydrogen-bond acceptors (Lipinski definition) is 2. The average Bonchev–Trinajstić information content (AvgIpc) is 3.07. The van der Waals surface area contributed by atoms with E-state index in [2.05, 4.69) is 36.5 Å². The van der Waals surface area contributed by atoms with Gasteiger partial charge in [-0.15, -0.1) is 12.4 Å². The molecule has 3 rings (SSSR count). The fourth-order valence-corrected chi connectivity index (χ4v) is 4.16. The number of benzene rings is 1. The van der Waals surface area contributed by atoms with E-state index in [1.54, 1.807) is 0 Å². The summed E-state index contributed by atoms with van der Waals surface area (Å²) in [6.07, 6.45) is 5.56. The van der Waals surface area contributed by atoms with E-state index in [0.717, 1.165) is 19.3 Å². The van der Waals surface area contributed by atoms with Crippen molar-refractivity contribution in [2.24, 2.45) is 23.5 Å². The number of amides is 1. The lowest BCUT2D eigenvalue weighted by atomic mass is 9.84. The fraction of sp³-hybridized carbons (Fsp3) is 0.611. The van der Waals surface area contributed by atoms with E-state index >= 15 is 0 Å². The SMILES string of the molecule is CC(CCc1ccccc1)NC(=O)C1C2CCC(C2)C1N.Cl. The minimum atomic E-state index is 0. The molecule has 0 radical (unpaired) electrons. The Morgan fingerprint density at radius 2 is 1.95 bits per heavy atom. The maximum atomic E-state index is 12.5. The second-order valence-electron chi connectivity index (χ2n) is 6.87. The maximum Gasteiger partial charge on any atom is 0.225 e. The van der Waals surface area contributed by atoms with Gasteiger partial charge in [0.2, 0.25) is 5.91 Å². The number of carbonyl (C=O) groups excluding carboxylic acids is 1. The summed E-state index contributed by atoms with van der Waals surface area (Å²) >= 11 is 0. The van der Waals surface area contributed by atoms with E-state index in [-0.39, 0.29) is 36.3 Å². The molecule has 4 heteroatoms. The Kier molecular flexibility index (Phi) is 5.87. The molecule has 1 amide bonds. The van der Waals surface area contributed by atoms with Crippen molar-refractivity contribution >= 4 is 18.3 Å². The minimum Gasteiger partial charge on any atom is -0.353 e. The molecule has 2 bridgehead atoms. The Morgan fingerprint density at radius 3 is 2.59 bits per heavy atom. The Labute approximate surface area is 139 Å². The highest BCUT2D eigenvalue weighted by molar-refractivity contribution is 5.85. The Bertz CT molecular complexity index is 491. The molecule has 2 saturated carbocycles. The third-order valence-corrected chi connectivity index (χ3v) is 5.38. The van der Waals surface area contributed by atoms with Gasteiger partial charge in [0.1, 0.15) is 0 Å². The Balaban J connectivity index is 0.00000176. The molecule has 2 aliphatic carbocycles. The van der Waals surface area contributed by atoms with Gasteiger partial charge in [-0.05, 0) is 56.4 Å². The largest absolute Gasteiger partial charge is 0.353 e. The molecule has 3 nitrogen and oxygen atoms in total. The van der Waals surface area contributed by atoms with Gasteiger partial charge in [0.25, 0.3) is 0 Å². The highest BCUT2D eigenvalue weighted by atomic mass is 35.5. The van der Waals surface area contributed by atoms with Crippen LogP contribution in [0.3, 0.4) is 0 Å². The van der Waals surface area contributed by atoms with Crippen molar-refractivity contribution in [3.8, 4) is 0 Å². The first-order valence-electron chi connectivity index (χ1n) is 8.25. The number of rotatable bonds is 5. The first-order chi connectivity index (χ1) is 10.1. The molecule has 0 heterocycles. The van der Waals surface area contributed by atoms with Crippen LogP contribution in [0.25, 0.3) is 0 Å². The number of carbonyl (C=O) groups is 1. The van der Waals surface area contributed by atoms with Gasteiger partial charge < -0.3 is 11.1 Å². The van der Waals surface area contributed by atoms with E-state index in [1.807, 2.05) is 6.07 Å². The molecule has 5 unspecified atom stereocenters. The number of hydrogen-bond donors (Lipinski definition) is 2. The average molecular weight is 323 g/mol. The van der Waals surface area contributed by atoms with Crippen LogP contribution in [0.1, 0.15) is 38.2 Å². The quantitative estimate of drug-likeness (QED) is 0.875. The molecule has 0 spiro atoms. The van der Waals surface area contributed by atoms with E-state index in [4.69, 9.17) is 5.73 Å². The zero-order chi connectivity index (χ0) is 14.8. The van der Waals surface area contributed by atoms with Crippen LogP contribution in [0, 0.1) is 17.8 Å². The lowest BCUT2D eigenvalue weighted by Gasteiger charge is -2.28. The van der Waals surface area contributed by atoms with Crippen LogP contribution in [0.2, 0.25) is 0 Å². The molecule has 1 aromatic rings. The van der Waals surface area contributed by atoms with Crippen molar-refractivity contribution in [3.63, 3.8) is 0 Å². The van der Waals surface area contributed by atoms with Crippen molar-refractivity contribution in [3.05, 3.63) is 35.9 Å². The van der Waals surface area contributed by atoms with Crippen LogP contribution in [-0.2, 0) is 11.2 Å². The monoisotopic (exact) mass is 322 g/mol. The Hall–Kier alpha value is -1.06. The van der Waals surface area contributed by atoms with Gasteiger partial charge in [0.05, 0.1) is 5.92 Å². The summed E-state index contributed by atoms with van der Waals surface area (Å²) in [7, 11) is 0. The third-order valence-electron chi connectivity index (χ3n) is 5.38. The topological polar surface area (TPSA) is 55.1 Å². The summed E-state index contributed by atoms with van der Waals surface area (Å²) in [5.41, 5.74) is 7.57.